The first-order valence-corrected chi connectivity index (χ1v) is 9.18. The van der Waals surface area contributed by atoms with Gasteiger partial charge in [-0.05, 0) is 72.6 Å². The second-order valence-corrected chi connectivity index (χ2v) is 7.46. The number of carboxylic acids is 1. The molecule has 0 bridgehead atoms. The fourth-order valence-corrected chi connectivity index (χ4v) is 4.22. The summed E-state index contributed by atoms with van der Waals surface area (Å²) in [7, 11) is 4.17. The van der Waals surface area contributed by atoms with Crippen molar-refractivity contribution in [2.24, 2.45) is 0 Å². The van der Waals surface area contributed by atoms with E-state index >= 15 is 0 Å². The lowest BCUT2D eigenvalue weighted by Crippen LogP contribution is -2.12. The number of hydrogen-bond donors (Lipinski definition) is 1. The number of fused-ring (bicyclic) bond motifs is 2. The van der Waals surface area contributed by atoms with Gasteiger partial charge in [0.25, 0.3) is 0 Å². The minimum atomic E-state index is -0.779. The van der Waals surface area contributed by atoms with Crippen molar-refractivity contribution in [2.45, 2.75) is 25.7 Å². The van der Waals surface area contributed by atoms with Crippen LogP contribution >= 0.6 is 23.7 Å². The number of carboxylic acid groups (broad SMARTS) is 1. The number of aliphatic carboxylic acids is 1. The molecule has 25 heavy (non-hydrogen) atoms. The predicted octanol–water partition coefficient (Wildman–Crippen LogP) is 4.28. The predicted molar refractivity (Wildman–Crippen MR) is 107 cm³/mol. The Morgan fingerprint density at radius 3 is 2.72 bits per heavy atom. The molecule has 0 saturated heterocycles. The average molecular weight is 378 g/mol. The highest BCUT2D eigenvalue weighted by atomic mass is 35.5. The maximum atomic E-state index is 11.1. The van der Waals surface area contributed by atoms with E-state index in [0.717, 1.165) is 31.4 Å². The maximum absolute atomic E-state index is 11.1. The van der Waals surface area contributed by atoms with Crippen LogP contribution in [0.3, 0.4) is 0 Å². The molecule has 0 amide bonds. The second kappa shape index (κ2) is 8.65. The molecule has 134 valence electrons. The fraction of sp³-hybridized carbons (Fsp3) is 0.350. The van der Waals surface area contributed by atoms with Gasteiger partial charge in [0.1, 0.15) is 0 Å². The Morgan fingerprint density at radius 1 is 1.24 bits per heavy atom. The Balaban J connectivity index is 0.00000225. The number of hydrogen-bond acceptors (Lipinski definition) is 3. The monoisotopic (exact) mass is 377 g/mol. The number of carbonyl (C=O) groups is 1. The second-order valence-electron chi connectivity index (χ2n) is 6.55. The summed E-state index contributed by atoms with van der Waals surface area (Å²) in [6.07, 6.45) is 5.45. The van der Waals surface area contributed by atoms with Gasteiger partial charge in [-0.1, -0.05) is 24.3 Å². The Bertz CT molecular complexity index is 780. The zero-order valence-corrected chi connectivity index (χ0v) is 16.3. The number of thiophene rings is 1. The number of rotatable bonds is 5. The number of benzene rings is 1. The molecule has 0 fully saturated rings. The first-order valence-electron chi connectivity index (χ1n) is 8.30. The largest absolute Gasteiger partial charge is 0.481 e. The third-order valence-corrected chi connectivity index (χ3v) is 5.39. The van der Waals surface area contributed by atoms with E-state index < -0.39 is 5.97 Å². The minimum Gasteiger partial charge on any atom is -0.481 e. The van der Waals surface area contributed by atoms with Gasteiger partial charge in [-0.2, -0.15) is 0 Å². The van der Waals surface area contributed by atoms with Gasteiger partial charge in [0.2, 0.25) is 0 Å². The van der Waals surface area contributed by atoms with E-state index in [-0.39, 0.29) is 18.8 Å². The van der Waals surface area contributed by atoms with Crippen molar-refractivity contribution >= 4 is 35.3 Å². The molecule has 0 spiro atoms. The highest BCUT2D eigenvalue weighted by molar-refractivity contribution is 7.11. The smallest absolute Gasteiger partial charge is 0.307 e. The molecule has 0 unspecified atom stereocenters. The molecule has 1 aliphatic carbocycles. The Labute approximate surface area is 159 Å². The quantitative estimate of drug-likeness (QED) is 0.845. The van der Waals surface area contributed by atoms with Crippen molar-refractivity contribution in [2.75, 3.05) is 20.6 Å². The van der Waals surface area contributed by atoms with Gasteiger partial charge in [-0.15, -0.1) is 23.7 Å². The zero-order valence-electron chi connectivity index (χ0n) is 14.6. The molecular weight excluding hydrogens is 354 g/mol. The van der Waals surface area contributed by atoms with Crippen LogP contribution in [0.25, 0.3) is 5.57 Å². The molecule has 3 nitrogen and oxygen atoms in total. The van der Waals surface area contributed by atoms with Crippen molar-refractivity contribution in [1.29, 1.82) is 0 Å². The molecule has 5 heteroatoms. The summed E-state index contributed by atoms with van der Waals surface area (Å²) < 4.78 is 0. The molecule has 1 heterocycles. The molecule has 1 N–H and O–H groups in total. The highest BCUT2D eigenvalue weighted by Crippen LogP contribution is 2.37. The van der Waals surface area contributed by atoms with Gasteiger partial charge in [0, 0.05) is 11.4 Å². The molecule has 1 aromatic carbocycles. The number of nitrogens with zero attached hydrogens (tertiary/aromatic N) is 1. The van der Waals surface area contributed by atoms with Gasteiger partial charge in [-0.3, -0.25) is 4.79 Å². The van der Waals surface area contributed by atoms with Gasteiger partial charge in [-0.25, -0.2) is 0 Å². The van der Waals surface area contributed by atoms with Crippen molar-refractivity contribution < 1.29 is 9.90 Å². The summed E-state index contributed by atoms with van der Waals surface area (Å²) in [5.41, 5.74) is 6.10. The molecule has 0 radical (unpaired) electrons. The van der Waals surface area contributed by atoms with Crippen LogP contribution in [0, 0.1) is 0 Å². The molecule has 3 rings (SSSR count). The standard InChI is InChI=1S/C20H23NO2S.ClH/c1-21(2)10-3-4-17-18-12-14(13-19(22)23)5-6-15(18)7-8-16-9-11-24-20(16)17;/h4-6,9,11-12H,3,7-8,10,13H2,1-2H3,(H,22,23);1H. The van der Waals surface area contributed by atoms with Crippen molar-refractivity contribution in [3.05, 3.63) is 62.9 Å². The normalized spacial score (nSPS) is 14.6. The van der Waals surface area contributed by atoms with Crippen LogP contribution in [-0.4, -0.2) is 36.6 Å². The Kier molecular flexibility index (Phi) is 6.82. The van der Waals surface area contributed by atoms with Gasteiger partial charge >= 0.3 is 5.97 Å². The zero-order chi connectivity index (χ0) is 17.1. The lowest BCUT2D eigenvalue weighted by molar-refractivity contribution is -0.136. The van der Waals surface area contributed by atoms with Crippen LogP contribution < -0.4 is 0 Å². The SMILES string of the molecule is CN(C)CCC=C1c2cc(CC(=O)O)ccc2CCc2ccsc21.Cl. The summed E-state index contributed by atoms with van der Waals surface area (Å²) in [6, 6.07) is 8.39. The molecule has 1 aliphatic rings. The van der Waals surface area contributed by atoms with Crippen molar-refractivity contribution in [3.63, 3.8) is 0 Å². The lowest BCUT2D eigenvalue weighted by atomic mass is 9.95. The third-order valence-electron chi connectivity index (χ3n) is 4.40. The fourth-order valence-electron chi connectivity index (χ4n) is 3.21. The number of halogens is 1. The first kappa shape index (κ1) is 19.7. The minimum absolute atomic E-state index is 0. The average Bonchev–Trinajstić information content (AvgIpc) is 2.92. The molecular formula is C20H24ClNO2S. The van der Waals surface area contributed by atoms with Crippen LogP contribution in [0.2, 0.25) is 0 Å². The lowest BCUT2D eigenvalue weighted by Gasteiger charge is -2.13. The summed E-state index contributed by atoms with van der Waals surface area (Å²) in [4.78, 5) is 14.6. The van der Waals surface area contributed by atoms with Crippen LogP contribution in [0.5, 0.6) is 0 Å². The van der Waals surface area contributed by atoms with Crippen molar-refractivity contribution in [3.8, 4) is 0 Å². The molecule has 0 atom stereocenters. The molecule has 0 aliphatic heterocycles. The van der Waals surface area contributed by atoms with Crippen LogP contribution in [0.1, 0.15) is 33.6 Å². The molecule has 0 saturated carbocycles. The van der Waals surface area contributed by atoms with Crippen LogP contribution in [0.4, 0.5) is 0 Å². The van der Waals surface area contributed by atoms with Gasteiger partial charge in [0.15, 0.2) is 0 Å². The van der Waals surface area contributed by atoms with Gasteiger partial charge < -0.3 is 10.0 Å². The van der Waals surface area contributed by atoms with E-state index in [2.05, 4.69) is 48.7 Å². The van der Waals surface area contributed by atoms with E-state index in [1.165, 1.54) is 27.1 Å². The Hall–Kier alpha value is -1.62. The summed E-state index contributed by atoms with van der Waals surface area (Å²) in [5.74, 6) is -0.779. The van der Waals surface area contributed by atoms with Crippen LogP contribution in [0.15, 0.2) is 35.7 Å². The van der Waals surface area contributed by atoms with E-state index in [9.17, 15) is 4.79 Å². The summed E-state index contributed by atoms with van der Waals surface area (Å²) >= 11 is 1.79. The molecule has 2 aromatic rings. The Morgan fingerprint density at radius 2 is 2.00 bits per heavy atom. The van der Waals surface area contributed by atoms with E-state index in [1.54, 1.807) is 11.3 Å². The van der Waals surface area contributed by atoms with E-state index in [1.807, 2.05) is 6.07 Å². The summed E-state index contributed by atoms with van der Waals surface area (Å²) in [6.45, 7) is 1.01. The van der Waals surface area contributed by atoms with Crippen LogP contribution in [-0.2, 0) is 24.1 Å². The topological polar surface area (TPSA) is 40.5 Å². The number of aryl methyl sites for hydroxylation is 2. The van der Waals surface area contributed by atoms with Gasteiger partial charge in [0.05, 0.1) is 6.42 Å². The van der Waals surface area contributed by atoms with E-state index in [0.29, 0.717) is 0 Å². The maximum Gasteiger partial charge on any atom is 0.307 e. The molecule has 1 aromatic heterocycles. The van der Waals surface area contributed by atoms with E-state index in [4.69, 9.17) is 5.11 Å². The summed E-state index contributed by atoms with van der Waals surface area (Å²) in [5, 5.41) is 11.3. The third kappa shape index (κ3) is 4.72. The first-order chi connectivity index (χ1) is 11.5. The van der Waals surface area contributed by atoms with Crippen molar-refractivity contribution in [1.82, 2.24) is 4.90 Å². The highest BCUT2D eigenvalue weighted by Gasteiger charge is 2.19.